The molecule has 60 valence electrons. The summed E-state index contributed by atoms with van der Waals surface area (Å²) >= 11 is 0. The lowest BCUT2D eigenvalue weighted by Crippen LogP contribution is -1.97. The van der Waals surface area contributed by atoms with Gasteiger partial charge in [-0.1, -0.05) is 0 Å². The molecule has 1 aliphatic carbocycles. The fraction of sp³-hybridized carbons (Fsp3) is 0.333. The Kier molecular flexibility index (Phi) is 1.06. The van der Waals surface area contributed by atoms with E-state index in [1.807, 2.05) is 16.8 Å². The highest BCUT2D eigenvalue weighted by atomic mass is 15.2. The van der Waals surface area contributed by atoms with Crippen LogP contribution in [0.1, 0.15) is 24.5 Å². The highest BCUT2D eigenvalue weighted by Gasteiger charge is 2.26. The molecule has 0 aromatic carbocycles. The average molecular weight is 159 g/mol. The highest BCUT2D eigenvalue weighted by molar-refractivity contribution is 5.38. The van der Waals surface area contributed by atoms with Gasteiger partial charge in [-0.3, -0.25) is 0 Å². The summed E-state index contributed by atoms with van der Waals surface area (Å²) in [7, 11) is 0. The molecule has 3 rings (SSSR count). The topological polar surface area (TPSA) is 30.2 Å². The molecule has 3 nitrogen and oxygen atoms in total. The van der Waals surface area contributed by atoms with E-state index < -0.39 is 0 Å². The van der Waals surface area contributed by atoms with E-state index in [4.69, 9.17) is 0 Å². The number of fused-ring (bicyclic) bond motifs is 1. The highest BCUT2D eigenvalue weighted by Crippen LogP contribution is 2.39. The molecule has 0 unspecified atom stereocenters. The molecule has 2 aromatic heterocycles. The van der Waals surface area contributed by atoms with E-state index in [1.54, 1.807) is 6.20 Å². The van der Waals surface area contributed by atoms with Crippen molar-refractivity contribution in [2.75, 3.05) is 0 Å². The Morgan fingerprint density at radius 3 is 3.00 bits per heavy atom. The molecule has 1 aliphatic rings. The number of aromatic nitrogens is 3. The molecule has 2 heterocycles. The molecule has 0 spiro atoms. The van der Waals surface area contributed by atoms with Gasteiger partial charge < -0.3 is 0 Å². The van der Waals surface area contributed by atoms with Crippen LogP contribution in [-0.4, -0.2) is 14.6 Å². The molecule has 0 aliphatic heterocycles. The summed E-state index contributed by atoms with van der Waals surface area (Å²) in [4.78, 5) is 4.21. The van der Waals surface area contributed by atoms with Crippen LogP contribution in [0.2, 0.25) is 0 Å². The van der Waals surface area contributed by atoms with Crippen molar-refractivity contribution in [1.29, 1.82) is 0 Å². The molecule has 12 heavy (non-hydrogen) atoms. The Morgan fingerprint density at radius 1 is 1.25 bits per heavy atom. The molecule has 0 radical (unpaired) electrons. The molecule has 3 heteroatoms. The van der Waals surface area contributed by atoms with Crippen LogP contribution in [0.3, 0.4) is 0 Å². The van der Waals surface area contributed by atoms with Crippen LogP contribution >= 0.6 is 0 Å². The van der Waals surface area contributed by atoms with Crippen molar-refractivity contribution in [3.05, 3.63) is 30.2 Å². The zero-order valence-corrected chi connectivity index (χ0v) is 6.64. The van der Waals surface area contributed by atoms with E-state index in [0.717, 1.165) is 11.6 Å². The van der Waals surface area contributed by atoms with Crippen LogP contribution in [0.4, 0.5) is 0 Å². The van der Waals surface area contributed by atoms with Crippen LogP contribution in [0.5, 0.6) is 0 Å². The lowest BCUT2D eigenvalue weighted by molar-refractivity contribution is 0.842. The fourth-order valence-electron chi connectivity index (χ4n) is 1.54. The Morgan fingerprint density at radius 2 is 2.17 bits per heavy atom. The lowest BCUT2D eigenvalue weighted by Gasteiger charge is -2.00. The maximum absolute atomic E-state index is 4.23. The third-order valence-corrected chi connectivity index (χ3v) is 2.32. The van der Waals surface area contributed by atoms with E-state index in [2.05, 4.69) is 16.1 Å². The lowest BCUT2D eigenvalue weighted by atomic mass is 10.3. The van der Waals surface area contributed by atoms with Gasteiger partial charge in [-0.25, -0.2) is 9.50 Å². The van der Waals surface area contributed by atoms with Gasteiger partial charge in [0.05, 0.1) is 6.20 Å². The van der Waals surface area contributed by atoms with Gasteiger partial charge in [-0.05, 0) is 18.9 Å². The van der Waals surface area contributed by atoms with E-state index in [9.17, 15) is 0 Å². The quantitative estimate of drug-likeness (QED) is 0.632. The molecule has 1 saturated carbocycles. The fourth-order valence-corrected chi connectivity index (χ4v) is 1.54. The average Bonchev–Trinajstić information content (AvgIpc) is 2.82. The number of rotatable bonds is 1. The normalized spacial score (nSPS) is 17.0. The van der Waals surface area contributed by atoms with Crippen LogP contribution in [0.25, 0.3) is 5.65 Å². The summed E-state index contributed by atoms with van der Waals surface area (Å²) in [6.45, 7) is 0. The third-order valence-electron chi connectivity index (χ3n) is 2.32. The van der Waals surface area contributed by atoms with Crippen LogP contribution in [0, 0.1) is 0 Å². The van der Waals surface area contributed by atoms with Crippen molar-refractivity contribution >= 4 is 5.65 Å². The standard InChI is InChI=1S/C9H9N3/c1-2-7(1)8-3-5-10-9-4-6-11-12(8)9/h3-7H,1-2H2. The number of hydrogen-bond donors (Lipinski definition) is 0. The first-order valence-electron chi connectivity index (χ1n) is 4.24. The molecule has 0 saturated heterocycles. The summed E-state index contributed by atoms with van der Waals surface area (Å²) in [6, 6.07) is 4.00. The minimum absolute atomic E-state index is 0.732. The van der Waals surface area contributed by atoms with Crippen LogP contribution in [0.15, 0.2) is 24.5 Å². The zero-order valence-electron chi connectivity index (χ0n) is 6.64. The summed E-state index contributed by atoms with van der Waals surface area (Å²) < 4.78 is 1.94. The second-order valence-electron chi connectivity index (χ2n) is 3.25. The van der Waals surface area contributed by atoms with Gasteiger partial charge in [0.25, 0.3) is 0 Å². The van der Waals surface area contributed by atoms with E-state index >= 15 is 0 Å². The van der Waals surface area contributed by atoms with Crippen molar-refractivity contribution in [2.24, 2.45) is 0 Å². The molecular formula is C9H9N3. The van der Waals surface area contributed by atoms with Crippen molar-refractivity contribution in [3.63, 3.8) is 0 Å². The summed E-state index contributed by atoms with van der Waals surface area (Å²) in [5.41, 5.74) is 2.27. The maximum atomic E-state index is 4.23. The van der Waals surface area contributed by atoms with Gasteiger partial charge >= 0.3 is 0 Å². The Bertz CT molecular complexity index is 414. The second-order valence-corrected chi connectivity index (χ2v) is 3.25. The smallest absolute Gasteiger partial charge is 0.155 e. The van der Waals surface area contributed by atoms with Crippen molar-refractivity contribution in [3.8, 4) is 0 Å². The predicted molar refractivity (Wildman–Crippen MR) is 45.0 cm³/mol. The Hall–Kier alpha value is -1.38. The SMILES string of the molecule is c1cc(C2CC2)n2nccc2n1. The van der Waals surface area contributed by atoms with Crippen molar-refractivity contribution < 1.29 is 0 Å². The second kappa shape index (κ2) is 2.06. The summed E-state index contributed by atoms with van der Waals surface area (Å²) in [6.07, 6.45) is 6.27. The molecule has 0 N–H and O–H groups in total. The number of hydrogen-bond acceptors (Lipinski definition) is 2. The maximum Gasteiger partial charge on any atom is 0.155 e. The van der Waals surface area contributed by atoms with E-state index in [0.29, 0.717) is 0 Å². The number of nitrogens with zero attached hydrogens (tertiary/aromatic N) is 3. The van der Waals surface area contributed by atoms with E-state index in [1.165, 1.54) is 18.5 Å². The first-order chi connectivity index (χ1) is 5.95. The first-order valence-corrected chi connectivity index (χ1v) is 4.24. The molecule has 0 amide bonds. The van der Waals surface area contributed by atoms with Crippen molar-refractivity contribution in [2.45, 2.75) is 18.8 Å². The van der Waals surface area contributed by atoms with Gasteiger partial charge in [0.15, 0.2) is 5.65 Å². The minimum Gasteiger partial charge on any atom is -0.237 e. The van der Waals surface area contributed by atoms with Gasteiger partial charge in [-0.15, -0.1) is 0 Å². The molecule has 0 atom stereocenters. The third kappa shape index (κ3) is 0.763. The predicted octanol–water partition coefficient (Wildman–Crippen LogP) is 1.61. The van der Waals surface area contributed by atoms with Gasteiger partial charge in [-0.2, -0.15) is 5.10 Å². The van der Waals surface area contributed by atoms with Gasteiger partial charge in [0.1, 0.15) is 0 Å². The van der Waals surface area contributed by atoms with Crippen LogP contribution in [-0.2, 0) is 0 Å². The van der Waals surface area contributed by atoms with Crippen molar-refractivity contribution in [1.82, 2.24) is 14.6 Å². The molecule has 0 bridgehead atoms. The van der Waals surface area contributed by atoms with Gasteiger partial charge in [0.2, 0.25) is 0 Å². The molecule has 1 fully saturated rings. The van der Waals surface area contributed by atoms with Crippen LogP contribution < -0.4 is 0 Å². The first kappa shape index (κ1) is 6.17. The van der Waals surface area contributed by atoms with Gasteiger partial charge in [0, 0.05) is 23.9 Å². The molecule has 2 aromatic rings. The summed E-state index contributed by atoms with van der Waals surface area (Å²) in [5.74, 6) is 0.732. The van der Waals surface area contributed by atoms with E-state index in [-0.39, 0.29) is 0 Å². The largest absolute Gasteiger partial charge is 0.237 e. The monoisotopic (exact) mass is 159 g/mol. The molecular weight excluding hydrogens is 150 g/mol. The zero-order chi connectivity index (χ0) is 7.97. The summed E-state index contributed by atoms with van der Waals surface area (Å²) in [5, 5.41) is 4.23. The Balaban J connectivity index is 2.32. The minimum atomic E-state index is 0.732. The Labute approximate surface area is 70.0 Å².